The lowest BCUT2D eigenvalue weighted by Crippen LogP contribution is -2.55. The molecule has 0 aromatic heterocycles. The van der Waals surface area contributed by atoms with E-state index in [2.05, 4.69) is 43.5 Å². The van der Waals surface area contributed by atoms with Crippen molar-refractivity contribution >= 4 is 0 Å². The minimum absolute atomic E-state index is 0.142. The van der Waals surface area contributed by atoms with Crippen LogP contribution in [0.2, 0.25) is 0 Å². The van der Waals surface area contributed by atoms with Gasteiger partial charge < -0.3 is 4.74 Å². The summed E-state index contributed by atoms with van der Waals surface area (Å²) in [5, 5.41) is 0. The van der Waals surface area contributed by atoms with E-state index < -0.39 is 0 Å². The first-order valence-corrected chi connectivity index (χ1v) is 6.80. The average Bonchev–Trinajstić information content (AvgIpc) is 2.37. The molecule has 0 aliphatic carbocycles. The predicted octanol–water partition coefficient (Wildman–Crippen LogP) is 2.33. The number of nitrogens with one attached hydrogen (secondary N) is 1. The topological polar surface area (TPSA) is 47.3 Å². The predicted molar refractivity (Wildman–Crippen MR) is 74.2 cm³/mol. The summed E-state index contributed by atoms with van der Waals surface area (Å²) in [5.74, 6) is 5.74. The number of nitrogens with two attached hydrogens (primary N) is 1. The fraction of sp³-hybridized carbons (Fsp3) is 0.600. The Bertz CT molecular complexity index is 386. The van der Waals surface area contributed by atoms with Crippen LogP contribution in [0.15, 0.2) is 24.3 Å². The standard InChI is InChI=1S/C15H24N2O/c1-12-6-5-7-13(10-12)11-14(17-16)15(2)8-3-4-9-18-15/h5-7,10,14,17H,3-4,8-9,11,16H2,1-2H3. The van der Waals surface area contributed by atoms with E-state index in [1.54, 1.807) is 0 Å². The van der Waals surface area contributed by atoms with Gasteiger partial charge in [0.05, 0.1) is 11.6 Å². The monoisotopic (exact) mass is 248 g/mol. The Kier molecular flexibility index (Phi) is 4.38. The molecule has 2 unspecified atom stereocenters. The Morgan fingerprint density at radius 1 is 1.44 bits per heavy atom. The molecule has 18 heavy (non-hydrogen) atoms. The summed E-state index contributed by atoms with van der Waals surface area (Å²) in [6, 6.07) is 8.76. The highest BCUT2D eigenvalue weighted by molar-refractivity contribution is 5.23. The molecule has 0 radical (unpaired) electrons. The number of rotatable bonds is 4. The Hall–Kier alpha value is -0.900. The lowest BCUT2D eigenvalue weighted by atomic mass is 9.85. The van der Waals surface area contributed by atoms with Crippen molar-refractivity contribution in [3.63, 3.8) is 0 Å². The molecule has 3 nitrogen and oxygen atoms in total. The maximum absolute atomic E-state index is 5.98. The summed E-state index contributed by atoms with van der Waals surface area (Å²) >= 11 is 0. The van der Waals surface area contributed by atoms with Crippen molar-refractivity contribution in [3.05, 3.63) is 35.4 Å². The van der Waals surface area contributed by atoms with Gasteiger partial charge in [0.25, 0.3) is 0 Å². The zero-order chi connectivity index (χ0) is 13.0. The zero-order valence-corrected chi connectivity index (χ0v) is 11.4. The van der Waals surface area contributed by atoms with E-state index in [1.807, 2.05) is 0 Å². The third-order valence-corrected chi connectivity index (χ3v) is 3.96. The molecular weight excluding hydrogens is 224 g/mol. The molecule has 0 spiro atoms. The van der Waals surface area contributed by atoms with E-state index in [4.69, 9.17) is 10.6 Å². The second kappa shape index (κ2) is 5.83. The molecule has 1 aliphatic rings. The molecule has 0 bridgehead atoms. The number of hydrogen-bond donors (Lipinski definition) is 2. The fourth-order valence-electron chi connectivity index (χ4n) is 2.76. The van der Waals surface area contributed by atoms with Crippen LogP contribution in [-0.2, 0) is 11.2 Å². The van der Waals surface area contributed by atoms with Crippen LogP contribution in [0.25, 0.3) is 0 Å². The molecule has 1 aromatic rings. The SMILES string of the molecule is Cc1cccc(CC(NN)C2(C)CCCCO2)c1. The molecule has 1 heterocycles. The molecule has 3 heteroatoms. The second-order valence-electron chi connectivity index (χ2n) is 5.53. The van der Waals surface area contributed by atoms with E-state index in [-0.39, 0.29) is 11.6 Å². The highest BCUT2D eigenvalue weighted by Gasteiger charge is 2.36. The maximum atomic E-state index is 5.98. The van der Waals surface area contributed by atoms with Gasteiger partial charge in [0.1, 0.15) is 0 Å². The van der Waals surface area contributed by atoms with Crippen molar-refractivity contribution in [1.82, 2.24) is 5.43 Å². The first kappa shape index (κ1) is 13.5. The largest absolute Gasteiger partial charge is 0.374 e. The van der Waals surface area contributed by atoms with Crippen LogP contribution in [0.3, 0.4) is 0 Å². The third-order valence-electron chi connectivity index (χ3n) is 3.96. The van der Waals surface area contributed by atoms with Crippen LogP contribution < -0.4 is 11.3 Å². The van der Waals surface area contributed by atoms with Crippen LogP contribution in [-0.4, -0.2) is 18.2 Å². The normalized spacial score (nSPS) is 25.9. The minimum Gasteiger partial charge on any atom is -0.374 e. The van der Waals surface area contributed by atoms with Crippen LogP contribution in [0.4, 0.5) is 0 Å². The molecular formula is C15H24N2O. The maximum Gasteiger partial charge on any atom is 0.0823 e. The Morgan fingerprint density at radius 3 is 2.89 bits per heavy atom. The van der Waals surface area contributed by atoms with Gasteiger partial charge in [-0.1, -0.05) is 29.8 Å². The average molecular weight is 248 g/mol. The van der Waals surface area contributed by atoms with E-state index in [1.165, 1.54) is 17.5 Å². The Labute approximate surface area is 110 Å². The van der Waals surface area contributed by atoms with Gasteiger partial charge in [0, 0.05) is 6.61 Å². The van der Waals surface area contributed by atoms with E-state index in [0.29, 0.717) is 0 Å². The first-order chi connectivity index (χ1) is 8.64. The molecule has 0 saturated carbocycles. The van der Waals surface area contributed by atoms with Gasteiger partial charge >= 0.3 is 0 Å². The number of aryl methyl sites for hydroxylation is 1. The molecule has 2 atom stereocenters. The van der Waals surface area contributed by atoms with Gasteiger partial charge in [-0.05, 0) is 45.1 Å². The molecule has 1 aliphatic heterocycles. The van der Waals surface area contributed by atoms with Crippen molar-refractivity contribution < 1.29 is 4.74 Å². The molecule has 100 valence electrons. The quantitative estimate of drug-likeness (QED) is 0.635. The van der Waals surface area contributed by atoms with Crippen LogP contribution in [0, 0.1) is 6.92 Å². The van der Waals surface area contributed by atoms with E-state index in [0.717, 1.165) is 25.9 Å². The van der Waals surface area contributed by atoms with Crippen LogP contribution in [0.5, 0.6) is 0 Å². The summed E-state index contributed by atoms with van der Waals surface area (Å²) in [6.45, 7) is 5.14. The van der Waals surface area contributed by atoms with Crippen molar-refractivity contribution in [3.8, 4) is 0 Å². The fourth-order valence-corrected chi connectivity index (χ4v) is 2.76. The first-order valence-electron chi connectivity index (χ1n) is 6.80. The summed E-state index contributed by atoms with van der Waals surface area (Å²) in [6.07, 6.45) is 4.38. The zero-order valence-electron chi connectivity index (χ0n) is 11.4. The summed E-state index contributed by atoms with van der Waals surface area (Å²) in [4.78, 5) is 0. The van der Waals surface area contributed by atoms with E-state index >= 15 is 0 Å². The molecule has 2 rings (SSSR count). The second-order valence-corrected chi connectivity index (χ2v) is 5.53. The lowest BCUT2D eigenvalue weighted by molar-refractivity contribution is -0.0884. The van der Waals surface area contributed by atoms with Gasteiger partial charge in [0.15, 0.2) is 0 Å². The summed E-state index contributed by atoms with van der Waals surface area (Å²) in [7, 11) is 0. The van der Waals surface area contributed by atoms with Gasteiger partial charge in [-0.3, -0.25) is 11.3 Å². The lowest BCUT2D eigenvalue weighted by Gasteiger charge is -2.40. The van der Waals surface area contributed by atoms with Crippen molar-refractivity contribution in [2.24, 2.45) is 5.84 Å². The highest BCUT2D eigenvalue weighted by Crippen LogP contribution is 2.29. The molecule has 1 saturated heterocycles. The Balaban J connectivity index is 2.09. The molecule has 0 amide bonds. The molecule has 1 fully saturated rings. The highest BCUT2D eigenvalue weighted by atomic mass is 16.5. The van der Waals surface area contributed by atoms with E-state index in [9.17, 15) is 0 Å². The minimum atomic E-state index is -0.142. The van der Waals surface area contributed by atoms with Crippen LogP contribution >= 0.6 is 0 Å². The smallest absolute Gasteiger partial charge is 0.0823 e. The van der Waals surface area contributed by atoms with Gasteiger partial charge in [-0.25, -0.2) is 0 Å². The number of hydrogen-bond acceptors (Lipinski definition) is 3. The van der Waals surface area contributed by atoms with Crippen molar-refractivity contribution in [1.29, 1.82) is 0 Å². The summed E-state index contributed by atoms with van der Waals surface area (Å²) in [5.41, 5.74) is 5.42. The Morgan fingerprint density at radius 2 is 2.28 bits per heavy atom. The van der Waals surface area contributed by atoms with Crippen molar-refractivity contribution in [2.75, 3.05) is 6.61 Å². The van der Waals surface area contributed by atoms with Crippen LogP contribution in [0.1, 0.15) is 37.3 Å². The number of hydrazine groups is 1. The number of ether oxygens (including phenoxy) is 1. The van der Waals surface area contributed by atoms with Gasteiger partial charge in [0.2, 0.25) is 0 Å². The van der Waals surface area contributed by atoms with Crippen molar-refractivity contribution in [2.45, 2.75) is 51.2 Å². The third kappa shape index (κ3) is 3.10. The van der Waals surface area contributed by atoms with Gasteiger partial charge in [-0.15, -0.1) is 0 Å². The van der Waals surface area contributed by atoms with Gasteiger partial charge in [-0.2, -0.15) is 0 Å². The molecule has 1 aromatic carbocycles. The molecule has 3 N–H and O–H groups in total. The number of benzene rings is 1. The summed E-state index contributed by atoms with van der Waals surface area (Å²) < 4.78 is 5.98.